The Morgan fingerprint density at radius 1 is 0.696 bits per heavy atom. The predicted octanol–water partition coefficient (Wildman–Crippen LogP) is 3.45. The molecule has 2 fully saturated rings. The zero-order valence-corrected chi connectivity index (χ0v) is 15.1. The van der Waals surface area contributed by atoms with Gasteiger partial charge < -0.3 is 9.80 Å². The first kappa shape index (κ1) is 18.3. The van der Waals surface area contributed by atoms with E-state index in [1.807, 2.05) is 23.9 Å². The van der Waals surface area contributed by atoms with Crippen LogP contribution in [0.25, 0.3) is 0 Å². The molecule has 23 heavy (non-hydrogen) atoms. The molecule has 0 aromatic heterocycles. The van der Waals surface area contributed by atoms with Crippen LogP contribution >= 0.6 is 0 Å². The van der Waals surface area contributed by atoms with Crippen LogP contribution in [-0.2, 0) is 9.59 Å². The summed E-state index contributed by atoms with van der Waals surface area (Å²) in [6, 6.07) is 0. The summed E-state index contributed by atoms with van der Waals surface area (Å²) < 4.78 is 0. The van der Waals surface area contributed by atoms with Gasteiger partial charge in [-0.2, -0.15) is 0 Å². The van der Waals surface area contributed by atoms with E-state index < -0.39 is 0 Å². The van der Waals surface area contributed by atoms with Gasteiger partial charge in [0.1, 0.15) is 0 Å². The van der Waals surface area contributed by atoms with E-state index in [0.717, 1.165) is 45.2 Å². The van der Waals surface area contributed by atoms with Gasteiger partial charge in [-0.3, -0.25) is 9.59 Å². The van der Waals surface area contributed by atoms with Crippen molar-refractivity contribution in [2.75, 3.05) is 27.2 Å². The molecule has 0 unspecified atom stereocenters. The summed E-state index contributed by atoms with van der Waals surface area (Å²) >= 11 is 0. The molecule has 0 bridgehead atoms. The number of carbonyl (C=O) groups excluding carboxylic acids is 2. The lowest BCUT2D eigenvalue weighted by Crippen LogP contribution is -2.38. The van der Waals surface area contributed by atoms with Crippen molar-refractivity contribution in [1.82, 2.24) is 9.80 Å². The third-order valence-electron chi connectivity index (χ3n) is 5.65. The van der Waals surface area contributed by atoms with Crippen LogP contribution in [0.15, 0.2) is 0 Å². The fraction of sp³-hybridized carbons (Fsp3) is 0.895. The Labute approximate surface area is 141 Å². The molecule has 0 spiro atoms. The Bertz CT molecular complexity index is 349. The van der Waals surface area contributed by atoms with Gasteiger partial charge in [-0.25, -0.2) is 0 Å². The Hall–Kier alpha value is -1.06. The molecule has 0 saturated heterocycles. The number of hydrogen-bond donors (Lipinski definition) is 0. The molecule has 0 aliphatic heterocycles. The summed E-state index contributed by atoms with van der Waals surface area (Å²) in [6.45, 7) is 1.52. The fourth-order valence-corrected chi connectivity index (χ4v) is 4.09. The maximum absolute atomic E-state index is 12.4. The fourth-order valence-electron chi connectivity index (χ4n) is 4.09. The van der Waals surface area contributed by atoms with Gasteiger partial charge in [0.2, 0.25) is 11.8 Å². The Morgan fingerprint density at radius 2 is 1.04 bits per heavy atom. The minimum atomic E-state index is 0.246. The normalized spacial score (nSPS) is 20.3. The summed E-state index contributed by atoms with van der Waals surface area (Å²) in [4.78, 5) is 28.6. The molecule has 0 atom stereocenters. The maximum atomic E-state index is 12.4. The molecular weight excluding hydrogens is 288 g/mol. The summed E-state index contributed by atoms with van der Waals surface area (Å²) in [5, 5.41) is 0. The quantitative estimate of drug-likeness (QED) is 0.751. The average Bonchev–Trinajstić information content (AvgIpc) is 2.61. The summed E-state index contributed by atoms with van der Waals surface area (Å²) in [7, 11) is 3.83. The molecule has 2 aliphatic rings. The van der Waals surface area contributed by atoms with E-state index >= 15 is 0 Å². The second-order valence-corrected chi connectivity index (χ2v) is 7.54. The van der Waals surface area contributed by atoms with Crippen LogP contribution in [0.4, 0.5) is 0 Å². The van der Waals surface area contributed by atoms with Gasteiger partial charge in [0.05, 0.1) is 0 Å². The number of hydrogen-bond acceptors (Lipinski definition) is 2. The number of amides is 2. The van der Waals surface area contributed by atoms with Gasteiger partial charge in [-0.15, -0.1) is 0 Å². The summed E-state index contributed by atoms with van der Waals surface area (Å²) in [6.07, 6.45) is 12.5. The van der Waals surface area contributed by atoms with E-state index in [2.05, 4.69) is 0 Å². The van der Waals surface area contributed by atoms with Crippen molar-refractivity contribution >= 4 is 11.8 Å². The largest absolute Gasteiger partial charge is 0.345 e. The third-order valence-corrected chi connectivity index (χ3v) is 5.65. The smallest absolute Gasteiger partial charge is 0.225 e. The third kappa shape index (κ3) is 5.50. The Kier molecular flexibility index (Phi) is 7.38. The van der Waals surface area contributed by atoms with Gasteiger partial charge in [-0.1, -0.05) is 38.5 Å². The molecule has 2 rings (SSSR count). The van der Waals surface area contributed by atoms with Gasteiger partial charge in [-0.05, 0) is 32.1 Å². The van der Waals surface area contributed by atoms with E-state index in [9.17, 15) is 9.59 Å². The van der Waals surface area contributed by atoms with Gasteiger partial charge in [0.15, 0.2) is 0 Å². The second-order valence-electron chi connectivity index (χ2n) is 7.54. The highest BCUT2D eigenvalue weighted by Gasteiger charge is 2.25. The lowest BCUT2D eigenvalue weighted by molar-refractivity contribution is -0.135. The molecule has 2 amide bonds. The van der Waals surface area contributed by atoms with E-state index in [4.69, 9.17) is 0 Å². The molecule has 0 N–H and O–H groups in total. The van der Waals surface area contributed by atoms with Crippen molar-refractivity contribution in [3.63, 3.8) is 0 Å². The van der Waals surface area contributed by atoms with Crippen LogP contribution in [0, 0.1) is 11.8 Å². The summed E-state index contributed by atoms with van der Waals surface area (Å²) in [5.74, 6) is 1.11. The van der Waals surface area contributed by atoms with Crippen LogP contribution in [0.5, 0.6) is 0 Å². The standard InChI is InChI=1S/C19H34N2O2/c1-20(18(22)16-10-5-3-6-11-16)14-9-15-21(2)19(23)17-12-7-4-8-13-17/h16-17H,3-15H2,1-2H3. The second kappa shape index (κ2) is 9.29. The molecule has 0 heterocycles. The highest BCUT2D eigenvalue weighted by molar-refractivity contribution is 5.79. The molecule has 4 nitrogen and oxygen atoms in total. The highest BCUT2D eigenvalue weighted by Crippen LogP contribution is 2.26. The Balaban J connectivity index is 1.66. The van der Waals surface area contributed by atoms with E-state index in [1.54, 1.807) is 0 Å². The molecule has 2 saturated carbocycles. The minimum absolute atomic E-state index is 0.246. The summed E-state index contributed by atoms with van der Waals surface area (Å²) in [5.41, 5.74) is 0. The van der Waals surface area contributed by atoms with Crippen LogP contribution in [0.2, 0.25) is 0 Å². The van der Waals surface area contributed by atoms with Crippen molar-refractivity contribution in [1.29, 1.82) is 0 Å². The zero-order chi connectivity index (χ0) is 16.7. The topological polar surface area (TPSA) is 40.6 Å². The molecule has 132 valence electrons. The molecule has 0 aromatic carbocycles. The number of rotatable bonds is 6. The first-order valence-electron chi connectivity index (χ1n) is 9.59. The van der Waals surface area contributed by atoms with Crippen LogP contribution in [0.1, 0.15) is 70.6 Å². The van der Waals surface area contributed by atoms with Crippen molar-refractivity contribution in [3.05, 3.63) is 0 Å². The lowest BCUT2D eigenvalue weighted by atomic mass is 9.88. The van der Waals surface area contributed by atoms with Crippen LogP contribution in [-0.4, -0.2) is 48.8 Å². The highest BCUT2D eigenvalue weighted by atomic mass is 16.2. The molecule has 0 radical (unpaired) electrons. The average molecular weight is 322 g/mol. The maximum Gasteiger partial charge on any atom is 0.225 e. The van der Waals surface area contributed by atoms with Gasteiger partial charge in [0.25, 0.3) is 0 Å². The molecule has 2 aliphatic carbocycles. The Morgan fingerprint density at radius 3 is 1.39 bits per heavy atom. The minimum Gasteiger partial charge on any atom is -0.345 e. The zero-order valence-electron chi connectivity index (χ0n) is 15.1. The molecular formula is C19H34N2O2. The van der Waals surface area contributed by atoms with Crippen LogP contribution in [0.3, 0.4) is 0 Å². The molecule has 0 aromatic rings. The lowest BCUT2D eigenvalue weighted by Gasteiger charge is -2.28. The van der Waals surface area contributed by atoms with E-state index in [0.29, 0.717) is 11.8 Å². The van der Waals surface area contributed by atoms with Crippen LogP contribution < -0.4 is 0 Å². The van der Waals surface area contributed by atoms with Crippen molar-refractivity contribution in [2.24, 2.45) is 11.8 Å². The van der Waals surface area contributed by atoms with Crippen molar-refractivity contribution in [2.45, 2.75) is 70.6 Å². The predicted molar refractivity (Wildman–Crippen MR) is 93.0 cm³/mol. The first-order valence-corrected chi connectivity index (χ1v) is 9.59. The van der Waals surface area contributed by atoms with E-state index in [1.165, 1.54) is 38.5 Å². The monoisotopic (exact) mass is 322 g/mol. The van der Waals surface area contributed by atoms with Gasteiger partial charge >= 0.3 is 0 Å². The van der Waals surface area contributed by atoms with Crippen molar-refractivity contribution < 1.29 is 9.59 Å². The number of nitrogens with zero attached hydrogens (tertiary/aromatic N) is 2. The molecule has 4 heteroatoms. The van der Waals surface area contributed by atoms with Crippen molar-refractivity contribution in [3.8, 4) is 0 Å². The SMILES string of the molecule is CN(CCCN(C)C(=O)C1CCCCC1)C(=O)C1CCCCC1. The first-order chi connectivity index (χ1) is 11.1. The number of carbonyl (C=O) groups is 2. The van der Waals surface area contributed by atoms with E-state index in [-0.39, 0.29) is 11.8 Å². The van der Waals surface area contributed by atoms with Gasteiger partial charge in [0, 0.05) is 39.0 Å².